The summed E-state index contributed by atoms with van der Waals surface area (Å²) in [4.78, 5) is 0. The summed E-state index contributed by atoms with van der Waals surface area (Å²) in [5, 5.41) is 0. The fraction of sp³-hybridized carbons (Fsp3) is 0.529. The van der Waals surface area contributed by atoms with Crippen LogP contribution in [0.5, 0.6) is 11.5 Å². The Bertz CT molecular complexity index is 435. The molecular formula is C17H24O2. The third-order valence-electron chi connectivity index (χ3n) is 3.24. The number of allylic oxidation sites excluding steroid dienone is 1. The van der Waals surface area contributed by atoms with E-state index in [1.807, 2.05) is 0 Å². The topological polar surface area (TPSA) is 18.5 Å². The Morgan fingerprint density at radius 1 is 1.00 bits per heavy atom. The van der Waals surface area contributed by atoms with Gasteiger partial charge in [0.2, 0.25) is 0 Å². The van der Waals surface area contributed by atoms with E-state index in [1.165, 1.54) is 17.5 Å². The molecule has 0 bridgehead atoms. The highest BCUT2D eigenvalue weighted by Gasteiger charge is 2.12. The molecule has 2 nitrogen and oxygen atoms in total. The van der Waals surface area contributed by atoms with Crippen molar-refractivity contribution in [2.24, 2.45) is 0 Å². The van der Waals surface area contributed by atoms with Gasteiger partial charge < -0.3 is 9.47 Å². The fourth-order valence-corrected chi connectivity index (χ4v) is 2.26. The highest BCUT2D eigenvalue weighted by molar-refractivity contribution is 5.61. The zero-order chi connectivity index (χ0) is 13.5. The van der Waals surface area contributed by atoms with Crippen LogP contribution in [0.2, 0.25) is 0 Å². The Morgan fingerprint density at radius 2 is 1.68 bits per heavy atom. The summed E-state index contributed by atoms with van der Waals surface area (Å²) >= 11 is 0. The van der Waals surface area contributed by atoms with Crippen molar-refractivity contribution >= 4 is 6.08 Å². The first-order chi connectivity index (χ1) is 9.35. The zero-order valence-corrected chi connectivity index (χ0v) is 12.1. The van der Waals surface area contributed by atoms with Crippen molar-refractivity contribution in [1.82, 2.24) is 0 Å². The molecule has 0 unspecified atom stereocenters. The number of fused-ring (bicyclic) bond motifs is 1. The minimum atomic E-state index is 0.741. The monoisotopic (exact) mass is 260 g/mol. The molecule has 0 aromatic heterocycles. The summed E-state index contributed by atoms with van der Waals surface area (Å²) in [6, 6.07) is 4.31. The molecular weight excluding hydrogens is 236 g/mol. The van der Waals surface area contributed by atoms with Gasteiger partial charge in [-0.2, -0.15) is 0 Å². The van der Waals surface area contributed by atoms with E-state index in [4.69, 9.17) is 9.47 Å². The SMILES string of the molecule is CCCOc1cc2c(cc1OCCC)CCCC=C2. The summed E-state index contributed by atoms with van der Waals surface area (Å²) < 4.78 is 11.7. The second-order valence-corrected chi connectivity index (χ2v) is 4.99. The lowest BCUT2D eigenvalue weighted by molar-refractivity contribution is 0.268. The van der Waals surface area contributed by atoms with Gasteiger partial charge in [0.1, 0.15) is 0 Å². The van der Waals surface area contributed by atoms with Crippen LogP contribution in [0.3, 0.4) is 0 Å². The lowest BCUT2D eigenvalue weighted by Crippen LogP contribution is -2.03. The van der Waals surface area contributed by atoms with E-state index < -0.39 is 0 Å². The van der Waals surface area contributed by atoms with Gasteiger partial charge in [0.25, 0.3) is 0 Å². The number of hydrogen-bond acceptors (Lipinski definition) is 2. The highest BCUT2D eigenvalue weighted by atomic mass is 16.5. The van der Waals surface area contributed by atoms with E-state index in [0.717, 1.165) is 50.4 Å². The van der Waals surface area contributed by atoms with Crippen LogP contribution in [-0.4, -0.2) is 13.2 Å². The molecule has 1 aliphatic rings. The van der Waals surface area contributed by atoms with Crippen LogP contribution in [0.1, 0.15) is 50.7 Å². The van der Waals surface area contributed by atoms with Crippen molar-refractivity contribution in [2.75, 3.05) is 13.2 Å². The Labute approximate surface area is 116 Å². The number of aryl methyl sites for hydroxylation is 1. The third-order valence-corrected chi connectivity index (χ3v) is 3.24. The molecule has 1 aromatic rings. The highest BCUT2D eigenvalue weighted by Crippen LogP contribution is 2.34. The number of rotatable bonds is 6. The van der Waals surface area contributed by atoms with Gasteiger partial charge in [-0.05, 0) is 55.4 Å². The van der Waals surface area contributed by atoms with Crippen LogP contribution < -0.4 is 9.47 Å². The molecule has 0 saturated heterocycles. The number of hydrogen-bond donors (Lipinski definition) is 0. The maximum absolute atomic E-state index is 5.84. The maximum atomic E-state index is 5.84. The van der Waals surface area contributed by atoms with Crippen molar-refractivity contribution in [3.05, 3.63) is 29.3 Å². The predicted molar refractivity (Wildman–Crippen MR) is 80.0 cm³/mol. The van der Waals surface area contributed by atoms with Crippen LogP contribution in [0, 0.1) is 0 Å². The average Bonchev–Trinajstić information content (AvgIpc) is 2.66. The van der Waals surface area contributed by atoms with E-state index in [-0.39, 0.29) is 0 Å². The molecule has 0 aliphatic heterocycles. The molecule has 2 heteroatoms. The molecule has 19 heavy (non-hydrogen) atoms. The summed E-state index contributed by atoms with van der Waals surface area (Å²) in [6.07, 6.45) is 9.99. The van der Waals surface area contributed by atoms with Gasteiger partial charge in [-0.3, -0.25) is 0 Å². The number of ether oxygens (including phenoxy) is 2. The molecule has 0 fully saturated rings. The summed E-state index contributed by atoms with van der Waals surface area (Å²) in [5.41, 5.74) is 2.66. The van der Waals surface area contributed by atoms with Gasteiger partial charge in [0, 0.05) is 0 Å². The maximum Gasteiger partial charge on any atom is 0.161 e. The molecule has 0 atom stereocenters. The van der Waals surface area contributed by atoms with E-state index in [2.05, 4.69) is 38.1 Å². The van der Waals surface area contributed by atoms with Crippen LogP contribution in [0.4, 0.5) is 0 Å². The number of benzene rings is 1. The van der Waals surface area contributed by atoms with Crippen LogP contribution >= 0.6 is 0 Å². The molecule has 0 heterocycles. The third kappa shape index (κ3) is 3.76. The van der Waals surface area contributed by atoms with E-state index in [9.17, 15) is 0 Å². The molecule has 0 radical (unpaired) electrons. The molecule has 0 saturated carbocycles. The summed E-state index contributed by atoms with van der Waals surface area (Å²) in [6.45, 7) is 5.73. The van der Waals surface area contributed by atoms with Gasteiger partial charge in [-0.1, -0.05) is 26.0 Å². The van der Waals surface area contributed by atoms with Crippen molar-refractivity contribution in [1.29, 1.82) is 0 Å². The molecule has 0 spiro atoms. The molecule has 0 amide bonds. The average molecular weight is 260 g/mol. The van der Waals surface area contributed by atoms with Gasteiger partial charge in [-0.15, -0.1) is 0 Å². The van der Waals surface area contributed by atoms with Gasteiger partial charge in [0.05, 0.1) is 13.2 Å². The first kappa shape index (κ1) is 14.0. The van der Waals surface area contributed by atoms with E-state index in [0.29, 0.717) is 0 Å². The normalized spacial score (nSPS) is 13.8. The molecule has 0 N–H and O–H groups in total. The van der Waals surface area contributed by atoms with Gasteiger partial charge in [-0.25, -0.2) is 0 Å². The molecule has 1 aliphatic carbocycles. The van der Waals surface area contributed by atoms with E-state index in [1.54, 1.807) is 0 Å². The minimum absolute atomic E-state index is 0.741. The van der Waals surface area contributed by atoms with E-state index >= 15 is 0 Å². The zero-order valence-electron chi connectivity index (χ0n) is 12.1. The standard InChI is InChI=1S/C17H24O2/c1-3-10-18-16-12-14-8-6-5-7-9-15(14)13-17(16)19-11-4-2/h6,8,12-13H,3-5,7,9-11H2,1-2H3. The minimum Gasteiger partial charge on any atom is -0.490 e. The molecule has 104 valence electrons. The van der Waals surface area contributed by atoms with Crippen LogP contribution in [0.15, 0.2) is 18.2 Å². The predicted octanol–water partition coefficient (Wildman–Crippen LogP) is 4.61. The molecule has 1 aromatic carbocycles. The largest absolute Gasteiger partial charge is 0.490 e. The summed E-state index contributed by atoms with van der Waals surface area (Å²) in [7, 11) is 0. The lowest BCUT2D eigenvalue weighted by atomic mass is 10.0. The van der Waals surface area contributed by atoms with Crippen LogP contribution in [0.25, 0.3) is 6.08 Å². The van der Waals surface area contributed by atoms with Gasteiger partial charge >= 0.3 is 0 Å². The second kappa shape index (κ2) is 7.22. The van der Waals surface area contributed by atoms with Crippen LogP contribution in [-0.2, 0) is 6.42 Å². The second-order valence-electron chi connectivity index (χ2n) is 4.99. The van der Waals surface area contributed by atoms with Crippen molar-refractivity contribution in [3.63, 3.8) is 0 Å². The van der Waals surface area contributed by atoms with Crippen molar-refractivity contribution < 1.29 is 9.47 Å². The Hall–Kier alpha value is -1.44. The summed E-state index contributed by atoms with van der Waals surface area (Å²) in [5.74, 6) is 1.80. The van der Waals surface area contributed by atoms with Gasteiger partial charge in [0.15, 0.2) is 11.5 Å². The Morgan fingerprint density at radius 3 is 2.37 bits per heavy atom. The fourth-order valence-electron chi connectivity index (χ4n) is 2.26. The molecule has 2 rings (SSSR count). The van der Waals surface area contributed by atoms with Crippen molar-refractivity contribution in [3.8, 4) is 11.5 Å². The first-order valence-electron chi connectivity index (χ1n) is 7.44. The smallest absolute Gasteiger partial charge is 0.161 e. The lowest BCUT2D eigenvalue weighted by Gasteiger charge is -2.15. The van der Waals surface area contributed by atoms with Crippen molar-refractivity contribution in [2.45, 2.75) is 46.0 Å². The Kier molecular flexibility index (Phi) is 5.31. The Balaban J connectivity index is 2.28. The first-order valence-corrected chi connectivity index (χ1v) is 7.44. The quantitative estimate of drug-likeness (QED) is 0.743.